The van der Waals surface area contributed by atoms with Gasteiger partial charge in [0.25, 0.3) is 0 Å². The first-order chi connectivity index (χ1) is 8.02. The lowest BCUT2D eigenvalue weighted by atomic mass is 9.97. The first kappa shape index (κ1) is 12.2. The molecule has 0 radical (unpaired) electrons. The van der Waals surface area contributed by atoms with Crippen LogP contribution in [0, 0.1) is 0 Å². The van der Waals surface area contributed by atoms with Crippen molar-refractivity contribution in [2.75, 3.05) is 6.61 Å². The maximum Gasteiger partial charge on any atom is 0.216 e. The number of hydrogen-bond acceptors (Lipinski definition) is 2. The summed E-state index contributed by atoms with van der Waals surface area (Å²) in [6.07, 6.45) is 1.16. The van der Waals surface area contributed by atoms with Gasteiger partial charge in [-0.05, 0) is 43.9 Å². The van der Waals surface area contributed by atoms with Crippen molar-refractivity contribution in [2.45, 2.75) is 45.6 Å². The summed E-state index contributed by atoms with van der Waals surface area (Å²) in [5.41, 5.74) is 2.39. The molecule has 0 aliphatic carbocycles. The fourth-order valence-electron chi connectivity index (χ4n) is 1.95. The fourth-order valence-corrected chi connectivity index (χ4v) is 1.95. The van der Waals surface area contributed by atoms with E-state index in [1.54, 1.807) is 0 Å². The number of benzene rings is 1. The van der Waals surface area contributed by atoms with E-state index in [0.29, 0.717) is 12.5 Å². The van der Waals surface area contributed by atoms with Crippen molar-refractivity contribution in [3.05, 3.63) is 35.4 Å². The van der Waals surface area contributed by atoms with E-state index in [9.17, 15) is 0 Å². The van der Waals surface area contributed by atoms with Gasteiger partial charge in [-0.15, -0.1) is 0 Å². The number of ether oxygens (including phenoxy) is 1. The molecule has 17 heavy (non-hydrogen) atoms. The Morgan fingerprint density at radius 1 is 1.41 bits per heavy atom. The molecule has 0 bridgehead atoms. The standard InChI is InChI=1S/C15H21NO/c1-5-11(2)12-7-6-8-13(9-12)14-16-15(3,4)10-17-14/h6-9,11H,5,10H2,1-4H3. The highest BCUT2D eigenvalue weighted by atomic mass is 16.5. The predicted molar refractivity (Wildman–Crippen MR) is 71.7 cm³/mol. The number of aliphatic imine (C=N–C) groups is 1. The Morgan fingerprint density at radius 2 is 2.18 bits per heavy atom. The number of rotatable bonds is 3. The summed E-state index contributed by atoms with van der Waals surface area (Å²) in [6.45, 7) is 9.33. The van der Waals surface area contributed by atoms with Gasteiger partial charge in [0.2, 0.25) is 5.90 Å². The third kappa shape index (κ3) is 2.68. The molecule has 1 unspecified atom stereocenters. The highest BCUT2D eigenvalue weighted by Crippen LogP contribution is 2.24. The normalized spacial score (nSPS) is 19.6. The molecule has 0 aromatic heterocycles. The van der Waals surface area contributed by atoms with Gasteiger partial charge in [-0.3, -0.25) is 0 Å². The van der Waals surface area contributed by atoms with Crippen molar-refractivity contribution in [1.82, 2.24) is 0 Å². The molecular weight excluding hydrogens is 210 g/mol. The van der Waals surface area contributed by atoms with Crippen molar-refractivity contribution < 1.29 is 4.74 Å². The van der Waals surface area contributed by atoms with E-state index >= 15 is 0 Å². The Hall–Kier alpha value is -1.31. The van der Waals surface area contributed by atoms with E-state index < -0.39 is 0 Å². The maximum absolute atomic E-state index is 5.67. The van der Waals surface area contributed by atoms with Crippen LogP contribution in [0.25, 0.3) is 0 Å². The van der Waals surface area contributed by atoms with Gasteiger partial charge < -0.3 is 4.74 Å². The minimum absolute atomic E-state index is 0.0816. The van der Waals surface area contributed by atoms with Crippen LogP contribution < -0.4 is 0 Å². The second-order valence-corrected chi connectivity index (χ2v) is 5.45. The van der Waals surface area contributed by atoms with Crippen molar-refractivity contribution in [3.8, 4) is 0 Å². The molecule has 0 saturated heterocycles. The molecule has 1 heterocycles. The molecule has 1 aliphatic heterocycles. The lowest BCUT2D eigenvalue weighted by Gasteiger charge is -2.10. The summed E-state index contributed by atoms with van der Waals surface area (Å²) >= 11 is 0. The predicted octanol–water partition coefficient (Wildman–Crippen LogP) is 3.76. The molecule has 1 atom stereocenters. The SMILES string of the molecule is CCC(C)c1cccc(C2=NC(C)(C)CO2)c1. The van der Waals surface area contributed by atoms with E-state index in [0.717, 1.165) is 17.9 Å². The average Bonchev–Trinajstić information content (AvgIpc) is 2.69. The van der Waals surface area contributed by atoms with Gasteiger partial charge in [-0.25, -0.2) is 4.99 Å². The molecule has 1 aromatic carbocycles. The van der Waals surface area contributed by atoms with Gasteiger partial charge >= 0.3 is 0 Å². The Balaban J connectivity index is 2.29. The molecule has 0 amide bonds. The number of hydrogen-bond donors (Lipinski definition) is 0. The Morgan fingerprint density at radius 3 is 2.76 bits per heavy atom. The largest absolute Gasteiger partial charge is 0.475 e. The van der Waals surface area contributed by atoms with Crippen LogP contribution in [0.4, 0.5) is 0 Å². The third-order valence-corrected chi connectivity index (χ3v) is 3.28. The molecule has 0 N–H and O–H groups in total. The molecule has 1 aliphatic rings. The third-order valence-electron chi connectivity index (χ3n) is 3.28. The molecule has 2 rings (SSSR count). The van der Waals surface area contributed by atoms with E-state index in [-0.39, 0.29) is 5.54 Å². The van der Waals surface area contributed by atoms with Crippen molar-refractivity contribution >= 4 is 5.90 Å². The quantitative estimate of drug-likeness (QED) is 0.776. The second-order valence-electron chi connectivity index (χ2n) is 5.45. The zero-order valence-electron chi connectivity index (χ0n) is 11.2. The van der Waals surface area contributed by atoms with E-state index in [1.807, 2.05) is 0 Å². The smallest absolute Gasteiger partial charge is 0.216 e. The van der Waals surface area contributed by atoms with Gasteiger partial charge in [0.05, 0.1) is 5.54 Å². The van der Waals surface area contributed by atoms with Crippen LogP contribution in [0.1, 0.15) is 51.2 Å². The Labute approximate surface area is 104 Å². The van der Waals surface area contributed by atoms with Gasteiger partial charge in [-0.1, -0.05) is 26.0 Å². The van der Waals surface area contributed by atoms with Crippen LogP contribution in [0.2, 0.25) is 0 Å². The molecule has 2 nitrogen and oxygen atoms in total. The van der Waals surface area contributed by atoms with E-state index in [4.69, 9.17) is 4.74 Å². The first-order valence-electron chi connectivity index (χ1n) is 6.35. The summed E-state index contributed by atoms with van der Waals surface area (Å²) in [7, 11) is 0. The van der Waals surface area contributed by atoms with Crippen LogP contribution >= 0.6 is 0 Å². The zero-order chi connectivity index (χ0) is 12.5. The summed E-state index contributed by atoms with van der Waals surface area (Å²) < 4.78 is 5.67. The lowest BCUT2D eigenvalue weighted by molar-refractivity contribution is 0.279. The molecule has 1 aromatic rings. The fraction of sp³-hybridized carbons (Fsp3) is 0.533. The lowest BCUT2D eigenvalue weighted by Crippen LogP contribution is -2.17. The van der Waals surface area contributed by atoms with Crippen LogP contribution in [0.5, 0.6) is 0 Å². The summed E-state index contributed by atoms with van der Waals surface area (Å²) in [5.74, 6) is 1.38. The highest BCUT2D eigenvalue weighted by molar-refractivity contribution is 5.95. The molecular formula is C15H21NO. The van der Waals surface area contributed by atoms with Crippen LogP contribution in [-0.2, 0) is 4.74 Å². The van der Waals surface area contributed by atoms with E-state index in [1.165, 1.54) is 5.56 Å². The molecule has 0 fully saturated rings. The highest BCUT2D eigenvalue weighted by Gasteiger charge is 2.27. The summed E-state index contributed by atoms with van der Waals surface area (Å²) in [4.78, 5) is 4.61. The van der Waals surface area contributed by atoms with Crippen LogP contribution in [-0.4, -0.2) is 18.0 Å². The minimum Gasteiger partial charge on any atom is -0.475 e. The Kier molecular flexibility index (Phi) is 3.23. The number of nitrogens with zero attached hydrogens (tertiary/aromatic N) is 1. The van der Waals surface area contributed by atoms with Crippen molar-refractivity contribution in [1.29, 1.82) is 0 Å². The van der Waals surface area contributed by atoms with Crippen molar-refractivity contribution in [3.63, 3.8) is 0 Å². The monoisotopic (exact) mass is 231 g/mol. The first-order valence-corrected chi connectivity index (χ1v) is 6.35. The van der Waals surface area contributed by atoms with E-state index in [2.05, 4.69) is 57.0 Å². The van der Waals surface area contributed by atoms with Crippen LogP contribution in [0.15, 0.2) is 29.3 Å². The maximum atomic E-state index is 5.67. The molecule has 0 spiro atoms. The topological polar surface area (TPSA) is 21.6 Å². The van der Waals surface area contributed by atoms with Gasteiger partial charge in [0, 0.05) is 5.56 Å². The van der Waals surface area contributed by atoms with Crippen LogP contribution in [0.3, 0.4) is 0 Å². The van der Waals surface area contributed by atoms with Gasteiger partial charge in [0.1, 0.15) is 6.61 Å². The average molecular weight is 231 g/mol. The zero-order valence-corrected chi connectivity index (χ0v) is 11.2. The summed E-state index contributed by atoms with van der Waals surface area (Å²) in [6, 6.07) is 8.55. The molecule has 92 valence electrons. The summed E-state index contributed by atoms with van der Waals surface area (Å²) in [5, 5.41) is 0. The Bertz CT molecular complexity index is 434. The molecule has 2 heteroatoms. The van der Waals surface area contributed by atoms with Crippen molar-refractivity contribution in [2.24, 2.45) is 4.99 Å². The van der Waals surface area contributed by atoms with Gasteiger partial charge in [0.15, 0.2) is 0 Å². The van der Waals surface area contributed by atoms with Gasteiger partial charge in [-0.2, -0.15) is 0 Å². The minimum atomic E-state index is -0.0816. The molecule has 0 saturated carbocycles. The second kappa shape index (κ2) is 4.52.